The van der Waals surface area contributed by atoms with Crippen LogP contribution in [-0.4, -0.2) is 13.1 Å². The predicted octanol–water partition coefficient (Wildman–Crippen LogP) is 4.13. The van der Waals surface area contributed by atoms with Crippen LogP contribution in [0.3, 0.4) is 0 Å². The second kappa shape index (κ2) is 6.67. The highest BCUT2D eigenvalue weighted by Gasteiger charge is 2.10. The summed E-state index contributed by atoms with van der Waals surface area (Å²) in [4.78, 5) is 11.4. The van der Waals surface area contributed by atoms with Gasteiger partial charge in [0, 0.05) is 6.54 Å². The third kappa shape index (κ3) is 3.78. The van der Waals surface area contributed by atoms with Crippen molar-refractivity contribution in [3.63, 3.8) is 0 Å². The molecule has 21 heavy (non-hydrogen) atoms. The normalized spacial score (nSPS) is 10.3. The van der Waals surface area contributed by atoms with Crippen molar-refractivity contribution in [2.45, 2.75) is 6.54 Å². The molecule has 110 valence electrons. The highest BCUT2D eigenvalue weighted by molar-refractivity contribution is 9.10. The number of methoxy groups -OCH3 is 1. The van der Waals surface area contributed by atoms with Crippen molar-refractivity contribution in [2.75, 3.05) is 12.4 Å². The van der Waals surface area contributed by atoms with Crippen LogP contribution in [-0.2, 0) is 11.3 Å². The van der Waals surface area contributed by atoms with E-state index in [4.69, 9.17) is 0 Å². The average Bonchev–Trinajstić information content (AvgIpc) is 2.49. The van der Waals surface area contributed by atoms with Gasteiger partial charge in [0.25, 0.3) is 0 Å². The van der Waals surface area contributed by atoms with Crippen molar-refractivity contribution in [1.29, 1.82) is 0 Å². The number of benzene rings is 2. The molecule has 0 radical (unpaired) electrons. The summed E-state index contributed by atoms with van der Waals surface area (Å²) in [5.41, 5.74) is 1.20. The Morgan fingerprint density at radius 3 is 2.57 bits per heavy atom. The van der Waals surface area contributed by atoms with Gasteiger partial charge < -0.3 is 10.1 Å². The lowest BCUT2D eigenvalue weighted by Gasteiger charge is -2.09. The number of carbonyl (C=O) groups excluding carboxylic acids is 1. The zero-order chi connectivity index (χ0) is 15.4. The van der Waals surface area contributed by atoms with Gasteiger partial charge in [-0.2, -0.15) is 0 Å². The van der Waals surface area contributed by atoms with Crippen molar-refractivity contribution >= 4 is 27.6 Å². The Morgan fingerprint density at radius 1 is 1.19 bits per heavy atom. The molecule has 0 aliphatic heterocycles. The highest BCUT2D eigenvalue weighted by Crippen LogP contribution is 2.20. The molecule has 0 aliphatic carbocycles. The number of rotatable bonds is 4. The first-order valence-corrected chi connectivity index (χ1v) is 6.86. The maximum Gasteiger partial charge on any atom is 0.337 e. The number of anilines is 1. The Labute approximate surface area is 129 Å². The van der Waals surface area contributed by atoms with Crippen LogP contribution >= 0.6 is 15.9 Å². The van der Waals surface area contributed by atoms with E-state index < -0.39 is 11.8 Å². The molecule has 3 nitrogen and oxygen atoms in total. The smallest absolute Gasteiger partial charge is 0.337 e. The third-order valence-electron chi connectivity index (χ3n) is 2.85. The van der Waals surface area contributed by atoms with Gasteiger partial charge in [0.1, 0.15) is 11.6 Å². The predicted molar refractivity (Wildman–Crippen MR) is 79.2 cm³/mol. The van der Waals surface area contributed by atoms with E-state index in [1.165, 1.54) is 31.4 Å². The first-order valence-electron chi connectivity index (χ1n) is 6.07. The number of hydrogen-bond donors (Lipinski definition) is 1. The lowest BCUT2D eigenvalue weighted by atomic mass is 10.1. The summed E-state index contributed by atoms with van der Waals surface area (Å²) < 4.78 is 31.8. The van der Waals surface area contributed by atoms with E-state index in [2.05, 4.69) is 26.0 Å². The van der Waals surface area contributed by atoms with E-state index >= 15 is 0 Å². The van der Waals surface area contributed by atoms with E-state index in [1.807, 2.05) is 0 Å². The Bertz CT molecular complexity index is 677. The second-order valence-electron chi connectivity index (χ2n) is 4.29. The van der Waals surface area contributed by atoms with Gasteiger partial charge >= 0.3 is 5.97 Å². The minimum Gasteiger partial charge on any atom is -0.465 e. The van der Waals surface area contributed by atoms with Crippen LogP contribution < -0.4 is 5.32 Å². The van der Waals surface area contributed by atoms with Gasteiger partial charge in [0.2, 0.25) is 0 Å². The van der Waals surface area contributed by atoms with Crippen LogP contribution in [0.25, 0.3) is 0 Å². The first kappa shape index (κ1) is 15.4. The SMILES string of the molecule is COC(=O)c1ccc(F)c(NCc2ccc(F)c(Br)c2)c1. The van der Waals surface area contributed by atoms with Gasteiger partial charge in [-0.3, -0.25) is 0 Å². The number of carbonyl (C=O) groups is 1. The van der Waals surface area contributed by atoms with Crippen LogP contribution in [0.2, 0.25) is 0 Å². The van der Waals surface area contributed by atoms with Gasteiger partial charge in [-0.1, -0.05) is 6.07 Å². The number of nitrogens with one attached hydrogen (secondary N) is 1. The topological polar surface area (TPSA) is 38.3 Å². The van der Waals surface area contributed by atoms with Crippen LogP contribution in [0.4, 0.5) is 14.5 Å². The minimum atomic E-state index is -0.539. The molecular formula is C15H12BrF2NO2. The van der Waals surface area contributed by atoms with E-state index in [0.29, 0.717) is 11.0 Å². The van der Waals surface area contributed by atoms with Crippen LogP contribution in [0, 0.1) is 11.6 Å². The summed E-state index contributed by atoms with van der Waals surface area (Å²) in [6.45, 7) is 0.292. The molecule has 0 fully saturated rings. The largest absolute Gasteiger partial charge is 0.465 e. The van der Waals surface area contributed by atoms with Crippen molar-refractivity contribution < 1.29 is 18.3 Å². The quantitative estimate of drug-likeness (QED) is 0.838. The average molecular weight is 356 g/mol. The van der Waals surface area contributed by atoms with Gasteiger partial charge in [0.15, 0.2) is 0 Å². The molecule has 2 aromatic carbocycles. The van der Waals surface area contributed by atoms with Crippen LogP contribution in [0.5, 0.6) is 0 Å². The molecule has 0 aliphatic rings. The van der Waals surface area contributed by atoms with Gasteiger partial charge in [-0.25, -0.2) is 13.6 Å². The zero-order valence-electron chi connectivity index (χ0n) is 11.1. The third-order valence-corrected chi connectivity index (χ3v) is 3.46. The molecule has 0 amide bonds. The second-order valence-corrected chi connectivity index (χ2v) is 5.14. The van der Waals surface area contributed by atoms with Gasteiger partial charge in [-0.15, -0.1) is 0 Å². The summed E-state index contributed by atoms with van der Waals surface area (Å²) in [7, 11) is 1.26. The standard InChI is InChI=1S/C15H12BrF2NO2/c1-21-15(20)10-3-5-13(18)14(7-10)19-8-9-2-4-12(17)11(16)6-9/h2-7,19H,8H2,1H3. The Kier molecular flexibility index (Phi) is 4.90. The number of ether oxygens (including phenoxy) is 1. The minimum absolute atomic E-state index is 0.179. The van der Waals surface area contributed by atoms with E-state index in [0.717, 1.165) is 5.56 Å². The molecule has 0 bridgehead atoms. The molecule has 0 saturated carbocycles. The Hall–Kier alpha value is -1.95. The Morgan fingerprint density at radius 2 is 1.90 bits per heavy atom. The molecule has 6 heteroatoms. The molecule has 0 heterocycles. The molecule has 1 N–H and O–H groups in total. The summed E-state index contributed by atoms with van der Waals surface area (Å²) in [6, 6.07) is 8.43. The van der Waals surface area contributed by atoms with E-state index in [-0.39, 0.29) is 17.1 Å². The summed E-state index contributed by atoms with van der Waals surface area (Å²) in [5.74, 6) is -1.39. The molecular weight excluding hydrogens is 344 g/mol. The Balaban J connectivity index is 2.15. The maximum absolute atomic E-state index is 13.7. The lowest BCUT2D eigenvalue weighted by Crippen LogP contribution is -2.06. The monoisotopic (exact) mass is 355 g/mol. The van der Waals surface area contributed by atoms with E-state index in [1.54, 1.807) is 12.1 Å². The molecule has 0 spiro atoms. The lowest BCUT2D eigenvalue weighted by molar-refractivity contribution is 0.0600. The fourth-order valence-corrected chi connectivity index (χ4v) is 2.18. The molecule has 2 aromatic rings. The molecule has 0 atom stereocenters. The van der Waals surface area contributed by atoms with Crippen molar-refractivity contribution in [2.24, 2.45) is 0 Å². The fraction of sp³-hybridized carbons (Fsp3) is 0.133. The van der Waals surface area contributed by atoms with Crippen LogP contribution in [0.15, 0.2) is 40.9 Å². The zero-order valence-corrected chi connectivity index (χ0v) is 12.7. The van der Waals surface area contributed by atoms with Gasteiger partial charge in [-0.05, 0) is 51.8 Å². The van der Waals surface area contributed by atoms with Crippen molar-refractivity contribution in [1.82, 2.24) is 0 Å². The molecule has 0 aromatic heterocycles. The summed E-state index contributed by atoms with van der Waals surface area (Å²) >= 11 is 3.09. The summed E-state index contributed by atoms with van der Waals surface area (Å²) in [5, 5.41) is 2.87. The van der Waals surface area contributed by atoms with Crippen molar-refractivity contribution in [3.8, 4) is 0 Å². The number of esters is 1. The molecule has 0 saturated heterocycles. The fourth-order valence-electron chi connectivity index (χ4n) is 1.75. The molecule has 0 unspecified atom stereocenters. The molecule has 2 rings (SSSR count). The first-order chi connectivity index (χ1) is 10.0. The number of halogens is 3. The summed E-state index contributed by atoms with van der Waals surface area (Å²) in [6.07, 6.45) is 0. The van der Waals surface area contributed by atoms with E-state index in [9.17, 15) is 13.6 Å². The van der Waals surface area contributed by atoms with Gasteiger partial charge in [0.05, 0.1) is 22.8 Å². The van der Waals surface area contributed by atoms with Crippen LogP contribution in [0.1, 0.15) is 15.9 Å². The number of hydrogen-bond acceptors (Lipinski definition) is 3. The van der Waals surface area contributed by atoms with Crippen molar-refractivity contribution in [3.05, 3.63) is 63.6 Å². The maximum atomic E-state index is 13.7. The highest BCUT2D eigenvalue weighted by atomic mass is 79.9.